The molecule has 0 amide bonds. The molecule has 0 aliphatic carbocycles. The van der Waals surface area contributed by atoms with Gasteiger partial charge in [0.25, 0.3) is 0 Å². The smallest absolute Gasteiger partial charge is 0.490 e. The second-order valence-corrected chi connectivity index (χ2v) is 8.53. The molecule has 152 valence electrons. The average Bonchev–Trinajstić information content (AvgIpc) is 2.75. The standard InChI is InChI=1S/C21H21O6PS/c1-22-16-4-10-19(11-5-16)25-28(29,26-20-12-6-17(23-2)7-13-20)27-21-14-8-18(24-3)9-15-21/h4-15H,1-3H3. The third kappa shape index (κ3) is 5.79. The van der Waals surface area contributed by atoms with Crippen molar-refractivity contribution in [2.75, 3.05) is 21.3 Å². The van der Waals surface area contributed by atoms with Crippen molar-refractivity contribution < 1.29 is 27.8 Å². The summed E-state index contributed by atoms with van der Waals surface area (Å²) < 4.78 is 33.5. The van der Waals surface area contributed by atoms with Crippen LogP contribution in [-0.2, 0) is 11.8 Å². The molecule has 0 aliphatic rings. The van der Waals surface area contributed by atoms with Gasteiger partial charge in [-0.15, -0.1) is 0 Å². The van der Waals surface area contributed by atoms with Gasteiger partial charge in [0, 0.05) is 11.8 Å². The Morgan fingerprint density at radius 3 is 0.862 bits per heavy atom. The molecular weight excluding hydrogens is 411 g/mol. The molecular formula is C21H21O6PS. The second kappa shape index (κ2) is 9.54. The molecule has 0 aliphatic heterocycles. The van der Waals surface area contributed by atoms with E-state index in [2.05, 4.69) is 0 Å². The van der Waals surface area contributed by atoms with Gasteiger partial charge in [-0.2, -0.15) is 0 Å². The molecule has 0 aromatic heterocycles. The summed E-state index contributed by atoms with van der Waals surface area (Å²) in [5, 5.41) is 0. The minimum atomic E-state index is -3.24. The Morgan fingerprint density at radius 1 is 0.448 bits per heavy atom. The Hall–Kier alpha value is -2.89. The van der Waals surface area contributed by atoms with Crippen molar-refractivity contribution >= 4 is 18.5 Å². The van der Waals surface area contributed by atoms with Crippen LogP contribution in [0.15, 0.2) is 72.8 Å². The van der Waals surface area contributed by atoms with Crippen LogP contribution in [0.25, 0.3) is 0 Å². The predicted molar refractivity (Wildman–Crippen MR) is 115 cm³/mol. The highest BCUT2D eigenvalue weighted by molar-refractivity contribution is 8.08. The van der Waals surface area contributed by atoms with Crippen LogP contribution in [0.5, 0.6) is 34.5 Å². The fourth-order valence-corrected chi connectivity index (χ4v) is 4.38. The van der Waals surface area contributed by atoms with Crippen LogP contribution in [0.2, 0.25) is 0 Å². The largest absolute Gasteiger partial charge is 0.497 e. The fraction of sp³-hybridized carbons (Fsp3) is 0.143. The first-order valence-corrected chi connectivity index (χ1v) is 11.2. The van der Waals surface area contributed by atoms with E-state index in [9.17, 15) is 0 Å². The summed E-state index contributed by atoms with van der Waals surface area (Å²) in [6.07, 6.45) is 0. The summed E-state index contributed by atoms with van der Waals surface area (Å²) in [5.74, 6) is 3.65. The summed E-state index contributed by atoms with van der Waals surface area (Å²) in [7, 11) is 4.79. The van der Waals surface area contributed by atoms with E-state index < -0.39 is 6.72 Å². The van der Waals surface area contributed by atoms with E-state index in [0.29, 0.717) is 34.5 Å². The Labute approximate surface area is 175 Å². The van der Waals surface area contributed by atoms with E-state index in [1.165, 1.54) is 0 Å². The van der Waals surface area contributed by atoms with Gasteiger partial charge < -0.3 is 27.8 Å². The molecule has 6 nitrogen and oxygen atoms in total. The zero-order chi connectivity index (χ0) is 20.7. The number of rotatable bonds is 9. The van der Waals surface area contributed by atoms with Crippen LogP contribution in [0.1, 0.15) is 0 Å². The average molecular weight is 432 g/mol. The molecule has 0 atom stereocenters. The maximum atomic E-state index is 5.99. The van der Waals surface area contributed by atoms with Crippen molar-refractivity contribution in [1.29, 1.82) is 0 Å². The first-order valence-electron chi connectivity index (χ1n) is 8.64. The van der Waals surface area contributed by atoms with Crippen LogP contribution >= 0.6 is 6.72 Å². The Balaban J connectivity index is 1.85. The first-order chi connectivity index (χ1) is 14.0. The molecule has 0 saturated heterocycles. The van der Waals surface area contributed by atoms with Crippen LogP contribution in [0, 0.1) is 0 Å². The minimum Gasteiger partial charge on any atom is -0.497 e. The fourth-order valence-electron chi connectivity index (χ4n) is 2.35. The van der Waals surface area contributed by atoms with Crippen LogP contribution in [-0.4, -0.2) is 21.3 Å². The van der Waals surface area contributed by atoms with Crippen LogP contribution in [0.3, 0.4) is 0 Å². The van der Waals surface area contributed by atoms with Gasteiger partial charge >= 0.3 is 6.72 Å². The van der Waals surface area contributed by atoms with Gasteiger partial charge in [-0.05, 0) is 72.8 Å². The Morgan fingerprint density at radius 2 is 0.655 bits per heavy atom. The minimum absolute atomic E-state index is 0.510. The lowest BCUT2D eigenvalue weighted by Crippen LogP contribution is -2.07. The zero-order valence-electron chi connectivity index (χ0n) is 16.2. The molecule has 0 fully saturated rings. The number of hydrogen-bond donors (Lipinski definition) is 0. The van der Waals surface area contributed by atoms with E-state index in [-0.39, 0.29) is 0 Å². The van der Waals surface area contributed by atoms with Crippen molar-refractivity contribution in [3.05, 3.63) is 72.8 Å². The third-order valence-corrected chi connectivity index (χ3v) is 5.80. The molecule has 0 radical (unpaired) electrons. The Kier molecular flexibility index (Phi) is 6.86. The molecule has 0 bridgehead atoms. The van der Waals surface area contributed by atoms with Crippen molar-refractivity contribution in [3.8, 4) is 34.5 Å². The highest BCUT2D eigenvalue weighted by Crippen LogP contribution is 2.50. The lowest BCUT2D eigenvalue weighted by atomic mass is 10.3. The predicted octanol–water partition coefficient (Wildman–Crippen LogP) is 5.47. The molecule has 8 heteroatoms. The van der Waals surface area contributed by atoms with Crippen LogP contribution in [0.4, 0.5) is 0 Å². The summed E-state index contributed by atoms with van der Waals surface area (Å²) in [6, 6.07) is 21.1. The van der Waals surface area contributed by atoms with Crippen molar-refractivity contribution in [2.45, 2.75) is 0 Å². The molecule has 3 aromatic carbocycles. The lowest BCUT2D eigenvalue weighted by molar-refractivity contribution is 0.380. The van der Waals surface area contributed by atoms with Gasteiger partial charge in [-0.3, -0.25) is 0 Å². The highest BCUT2D eigenvalue weighted by atomic mass is 32.5. The second-order valence-electron chi connectivity index (χ2n) is 5.75. The van der Waals surface area contributed by atoms with E-state index >= 15 is 0 Å². The van der Waals surface area contributed by atoms with E-state index in [1.807, 2.05) is 0 Å². The maximum Gasteiger partial charge on any atom is 0.490 e. The molecule has 3 rings (SSSR count). The lowest BCUT2D eigenvalue weighted by Gasteiger charge is -2.23. The maximum absolute atomic E-state index is 5.99. The summed E-state index contributed by atoms with van der Waals surface area (Å²) in [5.41, 5.74) is 0. The first kappa shape index (κ1) is 20.8. The van der Waals surface area contributed by atoms with Gasteiger partial charge in [-0.25, -0.2) is 0 Å². The van der Waals surface area contributed by atoms with E-state index in [1.54, 1.807) is 94.1 Å². The number of hydrogen-bond acceptors (Lipinski definition) is 7. The third-order valence-electron chi connectivity index (χ3n) is 3.83. The quantitative estimate of drug-likeness (QED) is 0.415. The SMILES string of the molecule is COc1ccc(OP(=S)(Oc2ccc(OC)cc2)Oc2ccc(OC)cc2)cc1. The number of methoxy groups -OCH3 is 3. The summed E-state index contributed by atoms with van der Waals surface area (Å²) in [4.78, 5) is 0. The number of benzene rings is 3. The highest BCUT2D eigenvalue weighted by Gasteiger charge is 2.27. The normalized spacial score (nSPS) is 10.7. The van der Waals surface area contributed by atoms with Gasteiger partial charge in [0.15, 0.2) is 0 Å². The van der Waals surface area contributed by atoms with Crippen molar-refractivity contribution in [1.82, 2.24) is 0 Å². The van der Waals surface area contributed by atoms with Gasteiger partial charge in [-0.1, -0.05) is 0 Å². The van der Waals surface area contributed by atoms with Crippen molar-refractivity contribution in [3.63, 3.8) is 0 Å². The molecule has 0 spiro atoms. The van der Waals surface area contributed by atoms with Gasteiger partial charge in [0.1, 0.15) is 34.5 Å². The summed E-state index contributed by atoms with van der Waals surface area (Å²) >= 11 is 5.68. The molecule has 3 aromatic rings. The van der Waals surface area contributed by atoms with E-state index in [4.69, 9.17) is 39.6 Å². The molecule has 0 N–H and O–H groups in total. The Bertz CT molecular complexity index is 831. The molecule has 0 saturated carbocycles. The van der Waals surface area contributed by atoms with Gasteiger partial charge in [0.2, 0.25) is 0 Å². The van der Waals surface area contributed by atoms with Gasteiger partial charge in [0.05, 0.1) is 21.3 Å². The molecule has 0 heterocycles. The monoisotopic (exact) mass is 432 g/mol. The topological polar surface area (TPSA) is 55.4 Å². The number of ether oxygens (including phenoxy) is 3. The van der Waals surface area contributed by atoms with Crippen molar-refractivity contribution in [2.24, 2.45) is 0 Å². The molecule has 0 unspecified atom stereocenters. The van der Waals surface area contributed by atoms with Crippen LogP contribution < -0.4 is 27.8 Å². The van der Waals surface area contributed by atoms with E-state index in [0.717, 1.165) is 0 Å². The summed E-state index contributed by atoms with van der Waals surface area (Å²) in [6.45, 7) is -3.24. The molecule has 29 heavy (non-hydrogen) atoms. The zero-order valence-corrected chi connectivity index (χ0v) is 17.9.